The molecule has 0 fully saturated rings. The van der Waals surface area contributed by atoms with E-state index >= 15 is 0 Å². The summed E-state index contributed by atoms with van der Waals surface area (Å²) in [4.78, 5) is 22.5. The molecule has 0 spiro atoms. The van der Waals surface area contributed by atoms with E-state index in [1.807, 2.05) is 0 Å². The largest absolute Gasteiger partial charge is 0.477 e. The number of hydrogen-bond acceptors (Lipinski definition) is 3. The highest BCUT2D eigenvalue weighted by Gasteiger charge is 2.10. The first kappa shape index (κ1) is 10.2. The molecule has 0 aliphatic carbocycles. The maximum Gasteiger partial charge on any atom is 0.352 e. The monoisotopic (exact) mass is 219 g/mol. The molecule has 0 radical (unpaired) electrons. The van der Waals surface area contributed by atoms with Crippen molar-refractivity contribution in [3.8, 4) is 0 Å². The van der Waals surface area contributed by atoms with Crippen LogP contribution in [0.4, 0.5) is 0 Å². The zero-order valence-corrected chi connectivity index (χ0v) is 8.29. The SMILES string of the molecule is O=C(O)c1cccc(=O)n1Cc1ccoc1. The lowest BCUT2D eigenvalue weighted by Gasteiger charge is -2.07. The molecule has 5 heteroatoms. The van der Waals surface area contributed by atoms with Gasteiger partial charge in [0.1, 0.15) is 5.69 Å². The van der Waals surface area contributed by atoms with Crippen molar-refractivity contribution in [3.05, 3.63) is 58.4 Å². The Hall–Kier alpha value is -2.30. The smallest absolute Gasteiger partial charge is 0.352 e. The first-order valence-corrected chi connectivity index (χ1v) is 4.62. The van der Waals surface area contributed by atoms with Crippen LogP contribution in [0.3, 0.4) is 0 Å². The molecule has 1 N–H and O–H groups in total. The Kier molecular flexibility index (Phi) is 2.59. The molecule has 0 aromatic carbocycles. The highest BCUT2D eigenvalue weighted by molar-refractivity contribution is 5.85. The highest BCUT2D eigenvalue weighted by atomic mass is 16.4. The Bertz CT molecular complexity index is 554. The van der Waals surface area contributed by atoms with E-state index in [4.69, 9.17) is 9.52 Å². The van der Waals surface area contributed by atoms with Crippen LogP contribution in [0, 0.1) is 0 Å². The average molecular weight is 219 g/mol. The van der Waals surface area contributed by atoms with E-state index in [0.717, 1.165) is 5.56 Å². The fourth-order valence-corrected chi connectivity index (χ4v) is 1.44. The van der Waals surface area contributed by atoms with Crippen molar-refractivity contribution in [1.82, 2.24) is 4.57 Å². The second-order valence-electron chi connectivity index (χ2n) is 3.27. The van der Waals surface area contributed by atoms with Gasteiger partial charge in [-0.2, -0.15) is 0 Å². The van der Waals surface area contributed by atoms with Gasteiger partial charge in [-0.05, 0) is 12.1 Å². The van der Waals surface area contributed by atoms with Gasteiger partial charge in [0.05, 0.1) is 19.1 Å². The Morgan fingerprint density at radius 2 is 2.19 bits per heavy atom. The second kappa shape index (κ2) is 4.06. The predicted molar refractivity (Wildman–Crippen MR) is 55.5 cm³/mol. The van der Waals surface area contributed by atoms with Gasteiger partial charge in [0.15, 0.2) is 0 Å². The maximum absolute atomic E-state index is 11.5. The average Bonchev–Trinajstić information content (AvgIpc) is 2.73. The molecule has 2 aromatic rings. The molecule has 0 bridgehead atoms. The van der Waals surface area contributed by atoms with Crippen LogP contribution in [-0.2, 0) is 6.54 Å². The summed E-state index contributed by atoms with van der Waals surface area (Å²) >= 11 is 0. The normalized spacial score (nSPS) is 10.2. The molecule has 2 heterocycles. The van der Waals surface area contributed by atoms with E-state index in [1.165, 1.54) is 35.3 Å². The summed E-state index contributed by atoms with van der Waals surface area (Å²) in [5.74, 6) is -1.12. The van der Waals surface area contributed by atoms with Crippen LogP contribution in [0.15, 0.2) is 46.0 Å². The molecule has 2 rings (SSSR count). The van der Waals surface area contributed by atoms with Crippen molar-refractivity contribution >= 4 is 5.97 Å². The molecule has 82 valence electrons. The van der Waals surface area contributed by atoms with E-state index in [0.29, 0.717) is 0 Å². The summed E-state index contributed by atoms with van der Waals surface area (Å²) in [6.45, 7) is 0.192. The van der Waals surface area contributed by atoms with Gasteiger partial charge in [0.25, 0.3) is 5.56 Å². The number of rotatable bonds is 3. The van der Waals surface area contributed by atoms with E-state index < -0.39 is 5.97 Å². The topological polar surface area (TPSA) is 72.4 Å². The van der Waals surface area contributed by atoms with Crippen molar-refractivity contribution in [2.45, 2.75) is 6.54 Å². The predicted octanol–water partition coefficient (Wildman–Crippen LogP) is 1.19. The van der Waals surface area contributed by atoms with Crippen LogP contribution in [0.5, 0.6) is 0 Å². The summed E-state index contributed by atoms with van der Waals surface area (Å²) in [5, 5.41) is 8.94. The molecule has 0 aliphatic heterocycles. The van der Waals surface area contributed by atoms with Gasteiger partial charge in [-0.15, -0.1) is 0 Å². The van der Waals surface area contributed by atoms with Gasteiger partial charge in [-0.1, -0.05) is 6.07 Å². The molecular weight excluding hydrogens is 210 g/mol. The number of pyridine rings is 1. The number of aromatic carboxylic acids is 1. The van der Waals surface area contributed by atoms with Crippen molar-refractivity contribution < 1.29 is 14.3 Å². The van der Waals surface area contributed by atoms with Gasteiger partial charge in [-0.3, -0.25) is 9.36 Å². The van der Waals surface area contributed by atoms with Crippen molar-refractivity contribution in [2.75, 3.05) is 0 Å². The molecule has 0 atom stereocenters. The molecule has 0 saturated carbocycles. The molecule has 0 aliphatic rings. The number of furan rings is 1. The summed E-state index contributed by atoms with van der Waals surface area (Å²) in [6.07, 6.45) is 2.95. The minimum absolute atomic E-state index is 0.0336. The zero-order valence-electron chi connectivity index (χ0n) is 8.29. The fourth-order valence-electron chi connectivity index (χ4n) is 1.44. The molecule has 5 nitrogen and oxygen atoms in total. The lowest BCUT2D eigenvalue weighted by atomic mass is 10.3. The number of aromatic nitrogens is 1. The second-order valence-corrected chi connectivity index (χ2v) is 3.27. The maximum atomic E-state index is 11.5. The lowest BCUT2D eigenvalue weighted by molar-refractivity contribution is 0.0684. The molecular formula is C11H9NO4. The molecule has 2 aromatic heterocycles. The number of carboxylic acid groups (broad SMARTS) is 1. The van der Waals surface area contributed by atoms with Crippen molar-refractivity contribution in [2.24, 2.45) is 0 Å². The van der Waals surface area contributed by atoms with Gasteiger partial charge < -0.3 is 9.52 Å². The van der Waals surface area contributed by atoms with E-state index in [2.05, 4.69) is 0 Å². The highest BCUT2D eigenvalue weighted by Crippen LogP contribution is 2.04. The minimum Gasteiger partial charge on any atom is -0.477 e. The summed E-state index contributed by atoms with van der Waals surface area (Å²) in [7, 11) is 0. The van der Waals surface area contributed by atoms with Crippen molar-refractivity contribution in [1.29, 1.82) is 0 Å². The molecule has 0 amide bonds. The number of hydrogen-bond donors (Lipinski definition) is 1. The third-order valence-electron chi connectivity index (χ3n) is 2.19. The summed E-state index contributed by atoms with van der Waals surface area (Å²) < 4.78 is 6.05. The van der Waals surface area contributed by atoms with E-state index in [-0.39, 0.29) is 17.8 Å². The summed E-state index contributed by atoms with van der Waals surface area (Å²) in [5.41, 5.74) is 0.366. The van der Waals surface area contributed by atoms with Gasteiger partial charge in [0, 0.05) is 11.6 Å². The van der Waals surface area contributed by atoms with Crippen LogP contribution >= 0.6 is 0 Å². The first-order chi connectivity index (χ1) is 7.68. The number of nitrogens with zero attached hydrogens (tertiary/aromatic N) is 1. The Balaban J connectivity index is 2.46. The number of carbonyl (C=O) groups is 1. The van der Waals surface area contributed by atoms with Crippen LogP contribution in [0.25, 0.3) is 0 Å². The quantitative estimate of drug-likeness (QED) is 0.841. The molecule has 0 unspecified atom stereocenters. The van der Waals surface area contributed by atoms with Gasteiger partial charge >= 0.3 is 5.97 Å². The third-order valence-corrected chi connectivity index (χ3v) is 2.19. The Morgan fingerprint density at radius 1 is 1.38 bits per heavy atom. The van der Waals surface area contributed by atoms with E-state index in [1.54, 1.807) is 6.07 Å². The Morgan fingerprint density at radius 3 is 2.81 bits per heavy atom. The molecule has 16 heavy (non-hydrogen) atoms. The van der Waals surface area contributed by atoms with Crippen molar-refractivity contribution in [3.63, 3.8) is 0 Å². The van der Waals surface area contributed by atoms with E-state index in [9.17, 15) is 9.59 Å². The first-order valence-electron chi connectivity index (χ1n) is 4.62. The van der Waals surface area contributed by atoms with Crippen LogP contribution in [0.1, 0.15) is 16.1 Å². The summed E-state index contributed by atoms with van der Waals surface area (Å²) in [6, 6.07) is 5.83. The lowest BCUT2D eigenvalue weighted by Crippen LogP contribution is -2.25. The molecule has 0 saturated heterocycles. The standard InChI is InChI=1S/C11H9NO4/c13-10-3-1-2-9(11(14)15)12(10)6-8-4-5-16-7-8/h1-5,7H,6H2,(H,14,15). The van der Waals surface area contributed by atoms with Crippen LogP contribution < -0.4 is 5.56 Å². The number of carboxylic acids is 1. The zero-order chi connectivity index (χ0) is 11.5. The van der Waals surface area contributed by atoms with Gasteiger partial charge in [-0.25, -0.2) is 4.79 Å². The Labute approximate surface area is 90.6 Å². The third kappa shape index (κ3) is 1.88. The van der Waals surface area contributed by atoms with Crippen LogP contribution in [0.2, 0.25) is 0 Å². The minimum atomic E-state index is -1.12. The van der Waals surface area contributed by atoms with Gasteiger partial charge in [0.2, 0.25) is 0 Å². The fraction of sp³-hybridized carbons (Fsp3) is 0.0909. The van der Waals surface area contributed by atoms with Crippen LogP contribution in [-0.4, -0.2) is 15.6 Å².